The van der Waals surface area contributed by atoms with Gasteiger partial charge in [-0.15, -0.1) is 0 Å². The van der Waals surface area contributed by atoms with Gasteiger partial charge in [-0.25, -0.2) is 0 Å². The quantitative estimate of drug-likeness (QED) is 0.492. The topological polar surface area (TPSA) is 46.5 Å². The Labute approximate surface area is 191 Å². The first-order chi connectivity index (χ1) is 15.8. The summed E-state index contributed by atoms with van der Waals surface area (Å²) in [6.07, 6.45) is 7.69. The van der Waals surface area contributed by atoms with Crippen LogP contribution < -0.4 is 0 Å². The molecule has 1 N–H and O–H groups in total. The van der Waals surface area contributed by atoms with Crippen LogP contribution in [0.2, 0.25) is 0 Å². The van der Waals surface area contributed by atoms with Crippen LogP contribution in [0.5, 0.6) is 0 Å². The van der Waals surface area contributed by atoms with Gasteiger partial charge in [0.05, 0.1) is 12.0 Å². The highest BCUT2D eigenvalue weighted by Crippen LogP contribution is 2.49. The molecule has 4 aliphatic rings. The lowest BCUT2D eigenvalue weighted by Gasteiger charge is -2.20. The molecule has 0 radical (unpaired) electrons. The number of carbonyl (C=O) groups is 1. The smallest absolute Gasteiger partial charge is 0.416 e. The van der Waals surface area contributed by atoms with E-state index in [1.807, 2.05) is 12.2 Å². The van der Waals surface area contributed by atoms with E-state index in [4.69, 9.17) is 4.74 Å². The average molecular weight is 457 g/mol. The number of carboxylic acid groups (broad SMARTS) is 1. The van der Waals surface area contributed by atoms with E-state index in [0.29, 0.717) is 16.9 Å². The van der Waals surface area contributed by atoms with E-state index in [2.05, 4.69) is 6.08 Å². The van der Waals surface area contributed by atoms with Gasteiger partial charge in [0.1, 0.15) is 12.4 Å². The van der Waals surface area contributed by atoms with Crippen molar-refractivity contribution in [3.63, 3.8) is 0 Å². The SMILES string of the molecule is O=C(O)CC1CCC2=CC3=C(OCc4ccc(C5CCCC5)c(C(F)(F)F)c4)C=CCC3=C21. The van der Waals surface area contributed by atoms with Gasteiger partial charge >= 0.3 is 12.1 Å². The maximum absolute atomic E-state index is 13.8. The predicted molar refractivity (Wildman–Crippen MR) is 118 cm³/mol. The van der Waals surface area contributed by atoms with Crippen molar-refractivity contribution in [2.75, 3.05) is 0 Å². The summed E-state index contributed by atoms with van der Waals surface area (Å²) in [5.74, 6) is -0.143. The van der Waals surface area contributed by atoms with Crippen LogP contribution in [0.3, 0.4) is 0 Å². The van der Waals surface area contributed by atoms with Crippen LogP contribution in [0, 0.1) is 5.92 Å². The van der Waals surface area contributed by atoms with Crippen LogP contribution in [0.15, 0.2) is 64.5 Å². The Kier molecular flexibility index (Phi) is 5.71. The Morgan fingerprint density at radius 2 is 1.94 bits per heavy atom. The molecular formula is C27H27F3O3. The zero-order valence-electron chi connectivity index (χ0n) is 18.4. The van der Waals surface area contributed by atoms with E-state index < -0.39 is 17.7 Å². The molecule has 3 nitrogen and oxygen atoms in total. The molecule has 1 unspecified atom stereocenters. The maximum atomic E-state index is 13.8. The zero-order valence-corrected chi connectivity index (χ0v) is 18.4. The monoisotopic (exact) mass is 456 g/mol. The van der Waals surface area contributed by atoms with Gasteiger partial charge < -0.3 is 9.84 Å². The van der Waals surface area contributed by atoms with Crippen molar-refractivity contribution >= 4 is 5.97 Å². The van der Waals surface area contributed by atoms with E-state index in [0.717, 1.165) is 61.7 Å². The molecule has 0 bridgehead atoms. The van der Waals surface area contributed by atoms with Gasteiger partial charge in [-0.1, -0.05) is 31.1 Å². The molecule has 6 heteroatoms. The number of allylic oxidation sites excluding steroid dienone is 7. The van der Waals surface area contributed by atoms with Gasteiger partial charge in [0.2, 0.25) is 0 Å². The largest absolute Gasteiger partial charge is 0.488 e. The number of rotatable bonds is 6. The van der Waals surface area contributed by atoms with E-state index in [9.17, 15) is 23.1 Å². The molecule has 174 valence electrons. The fraction of sp³-hybridized carbons (Fsp3) is 0.444. The molecule has 1 aromatic rings. The summed E-state index contributed by atoms with van der Waals surface area (Å²) >= 11 is 0. The molecule has 33 heavy (non-hydrogen) atoms. The predicted octanol–water partition coefficient (Wildman–Crippen LogP) is 7.21. The van der Waals surface area contributed by atoms with E-state index >= 15 is 0 Å². The first-order valence-electron chi connectivity index (χ1n) is 11.7. The van der Waals surface area contributed by atoms with Gasteiger partial charge in [-0.3, -0.25) is 4.79 Å². The summed E-state index contributed by atoms with van der Waals surface area (Å²) in [6, 6.07) is 4.64. The molecule has 0 spiro atoms. The number of halogens is 3. The number of benzene rings is 1. The minimum Gasteiger partial charge on any atom is -0.488 e. The number of ether oxygens (including phenoxy) is 1. The van der Waals surface area contributed by atoms with Crippen molar-refractivity contribution in [1.29, 1.82) is 0 Å². The minimum atomic E-state index is -4.38. The summed E-state index contributed by atoms with van der Waals surface area (Å²) in [4.78, 5) is 11.3. The van der Waals surface area contributed by atoms with Gasteiger partial charge in [-0.2, -0.15) is 13.2 Å². The lowest BCUT2D eigenvalue weighted by atomic mass is 9.90. The Morgan fingerprint density at radius 3 is 2.67 bits per heavy atom. The van der Waals surface area contributed by atoms with Crippen LogP contribution in [-0.2, 0) is 22.3 Å². The Morgan fingerprint density at radius 1 is 1.15 bits per heavy atom. The second kappa shape index (κ2) is 8.54. The number of hydrogen-bond donors (Lipinski definition) is 1. The highest BCUT2D eigenvalue weighted by Gasteiger charge is 2.37. The lowest BCUT2D eigenvalue weighted by Crippen LogP contribution is -2.12. The summed E-state index contributed by atoms with van der Waals surface area (Å²) in [6.45, 7) is 0.0571. The van der Waals surface area contributed by atoms with Gasteiger partial charge in [0.15, 0.2) is 0 Å². The Bertz CT molecular complexity index is 1100. The van der Waals surface area contributed by atoms with E-state index in [1.54, 1.807) is 12.1 Å². The molecule has 5 rings (SSSR count). The fourth-order valence-corrected chi connectivity index (χ4v) is 5.91. The number of fused-ring (bicyclic) bond motifs is 2. The Hall–Kier alpha value is -2.76. The average Bonchev–Trinajstić information content (AvgIpc) is 3.49. The molecule has 0 aromatic heterocycles. The molecular weight excluding hydrogens is 429 g/mol. The van der Waals surface area contributed by atoms with E-state index in [1.165, 1.54) is 11.6 Å². The molecule has 0 saturated heterocycles. The van der Waals surface area contributed by atoms with Gasteiger partial charge in [0.25, 0.3) is 0 Å². The van der Waals surface area contributed by atoms with Crippen LogP contribution >= 0.6 is 0 Å². The van der Waals surface area contributed by atoms with Crippen LogP contribution in [0.25, 0.3) is 0 Å². The number of carboxylic acids is 1. The molecule has 0 amide bonds. The highest BCUT2D eigenvalue weighted by atomic mass is 19.4. The van der Waals surface area contributed by atoms with Crippen molar-refractivity contribution in [2.24, 2.45) is 5.92 Å². The summed E-state index contributed by atoms with van der Waals surface area (Å²) in [5.41, 5.74) is 4.75. The number of aliphatic carboxylic acids is 1. The van der Waals surface area contributed by atoms with Crippen molar-refractivity contribution in [2.45, 2.75) is 70.1 Å². The molecule has 1 aromatic carbocycles. The van der Waals surface area contributed by atoms with Gasteiger partial charge in [-0.05, 0) is 90.0 Å². The van der Waals surface area contributed by atoms with Crippen molar-refractivity contribution in [3.8, 4) is 0 Å². The van der Waals surface area contributed by atoms with Crippen LogP contribution in [-0.4, -0.2) is 11.1 Å². The third kappa shape index (κ3) is 4.28. The first kappa shape index (κ1) is 22.1. The number of alkyl halides is 3. The minimum absolute atomic E-state index is 0.0137. The summed E-state index contributed by atoms with van der Waals surface area (Å²) < 4.78 is 47.4. The molecule has 0 heterocycles. The van der Waals surface area contributed by atoms with Crippen molar-refractivity contribution in [1.82, 2.24) is 0 Å². The number of hydrogen-bond acceptors (Lipinski definition) is 2. The van der Waals surface area contributed by atoms with Crippen LogP contribution in [0.1, 0.15) is 74.0 Å². The summed E-state index contributed by atoms with van der Waals surface area (Å²) in [7, 11) is 0. The second-order valence-electron chi connectivity index (χ2n) is 9.47. The highest BCUT2D eigenvalue weighted by molar-refractivity contribution is 5.71. The van der Waals surface area contributed by atoms with Crippen molar-refractivity contribution in [3.05, 3.63) is 81.2 Å². The third-order valence-electron chi connectivity index (χ3n) is 7.38. The molecule has 1 atom stereocenters. The zero-order chi connectivity index (χ0) is 23.2. The Balaban J connectivity index is 1.39. The standard InChI is InChI=1S/C27H27F3O3/c28-27(29,30)23-12-16(8-11-20(23)17-4-1-2-5-17)15-33-24-7-3-6-21-22(24)13-18-9-10-19(26(18)21)14-25(31)32/h3,7-8,11-13,17,19H,1-2,4-6,9-10,14-15H2,(H,31,32). The first-order valence-corrected chi connectivity index (χ1v) is 11.7. The third-order valence-corrected chi connectivity index (χ3v) is 7.38. The molecule has 2 saturated carbocycles. The fourth-order valence-electron chi connectivity index (χ4n) is 5.91. The molecule has 0 aliphatic heterocycles. The van der Waals surface area contributed by atoms with Crippen molar-refractivity contribution < 1.29 is 27.8 Å². The second-order valence-corrected chi connectivity index (χ2v) is 9.47. The maximum Gasteiger partial charge on any atom is 0.416 e. The molecule has 4 aliphatic carbocycles. The molecule has 2 fully saturated rings. The normalized spacial score (nSPS) is 22.6. The van der Waals surface area contributed by atoms with Gasteiger partial charge in [0, 0.05) is 5.57 Å². The summed E-state index contributed by atoms with van der Waals surface area (Å²) in [5, 5.41) is 9.25. The van der Waals surface area contributed by atoms with Crippen LogP contribution in [0.4, 0.5) is 13.2 Å². The van der Waals surface area contributed by atoms with E-state index in [-0.39, 0.29) is 24.9 Å². The lowest BCUT2D eigenvalue weighted by molar-refractivity contribution is -0.139.